The van der Waals surface area contributed by atoms with Crippen LogP contribution in [0.2, 0.25) is 5.02 Å². The number of amides is 1. The molecule has 5 rings (SSSR count). The molecule has 0 aliphatic carbocycles. The van der Waals surface area contributed by atoms with Gasteiger partial charge in [-0.1, -0.05) is 66.2 Å². The zero-order valence-corrected chi connectivity index (χ0v) is 17.9. The van der Waals surface area contributed by atoms with Crippen LogP contribution >= 0.6 is 11.6 Å². The van der Waals surface area contributed by atoms with Crippen molar-refractivity contribution in [2.24, 2.45) is 0 Å². The zero-order chi connectivity index (χ0) is 21.2. The first-order chi connectivity index (χ1) is 15.2. The molecular weight excluding hydrogens is 408 g/mol. The fourth-order valence-electron chi connectivity index (χ4n) is 4.17. The molecule has 3 aromatic carbocycles. The van der Waals surface area contributed by atoms with E-state index in [1.54, 1.807) is 0 Å². The minimum Gasteiger partial charge on any atom is -0.368 e. The molecule has 5 nitrogen and oxygen atoms in total. The second-order valence-electron chi connectivity index (χ2n) is 7.74. The number of carbonyl (C=O) groups is 1. The predicted octanol–water partition coefficient (Wildman–Crippen LogP) is 4.71. The van der Waals surface area contributed by atoms with Crippen molar-refractivity contribution in [3.05, 3.63) is 83.9 Å². The van der Waals surface area contributed by atoms with E-state index in [9.17, 15) is 4.79 Å². The van der Waals surface area contributed by atoms with Crippen LogP contribution in [0.3, 0.4) is 0 Å². The number of para-hydroxylation sites is 1. The van der Waals surface area contributed by atoms with Crippen molar-refractivity contribution in [2.45, 2.75) is 6.54 Å². The number of aromatic nitrogens is 2. The normalized spacial score (nSPS) is 14.2. The Hall–Kier alpha value is -3.31. The van der Waals surface area contributed by atoms with E-state index in [0.717, 1.165) is 46.0 Å². The van der Waals surface area contributed by atoms with Crippen LogP contribution in [0.4, 0.5) is 5.69 Å². The summed E-state index contributed by atoms with van der Waals surface area (Å²) in [6.45, 7) is 3.21. The second-order valence-corrected chi connectivity index (χ2v) is 8.17. The average molecular weight is 431 g/mol. The number of benzene rings is 3. The van der Waals surface area contributed by atoms with E-state index in [0.29, 0.717) is 13.1 Å². The lowest BCUT2D eigenvalue weighted by atomic mass is 10.1. The summed E-state index contributed by atoms with van der Waals surface area (Å²) in [6.07, 6.45) is 0. The van der Waals surface area contributed by atoms with Crippen LogP contribution in [-0.2, 0) is 11.3 Å². The zero-order valence-electron chi connectivity index (χ0n) is 17.1. The van der Waals surface area contributed by atoms with Crippen LogP contribution in [0.1, 0.15) is 0 Å². The lowest BCUT2D eigenvalue weighted by Crippen LogP contribution is -2.49. The quantitative estimate of drug-likeness (QED) is 0.471. The highest BCUT2D eigenvalue weighted by Gasteiger charge is 2.23. The molecule has 1 saturated heterocycles. The van der Waals surface area contributed by atoms with Gasteiger partial charge in [0.15, 0.2) is 0 Å². The SMILES string of the molecule is O=C(Cn1nc(-c2ccccc2)c2ccccc21)N1CCN(c2cccc(Cl)c2)CC1. The van der Waals surface area contributed by atoms with Gasteiger partial charge < -0.3 is 9.80 Å². The van der Waals surface area contributed by atoms with E-state index in [4.69, 9.17) is 16.7 Å². The Morgan fingerprint density at radius 3 is 2.39 bits per heavy atom. The minimum atomic E-state index is 0.0959. The Morgan fingerprint density at radius 2 is 1.61 bits per heavy atom. The number of piperazine rings is 1. The predicted molar refractivity (Wildman–Crippen MR) is 125 cm³/mol. The highest BCUT2D eigenvalue weighted by molar-refractivity contribution is 6.30. The summed E-state index contributed by atoms with van der Waals surface area (Å²) in [5, 5.41) is 6.61. The number of anilines is 1. The molecule has 1 aromatic heterocycles. The maximum Gasteiger partial charge on any atom is 0.244 e. The van der Waals surface area contributed by atoms with Gasteiger partial charge in [-0.25, -0.2) is 0 Å². The molecule has 4 aromatic rings. The monoisotopic (exact) mass is 430 g/mol. The second kappa shape index (κ2) is 8.44. The van der Waals surface area contributed by atoms with E-state index in [1.807, 2.05) is 64.2 Å². The topological polar surface area (TPSA) is 41.4 Å². The van der Waals surface area contributed by atoms with Gasteiger partial charge in [-0.05, 0) is 24.3 Å². The molecule has 0 saturated carbocycles. The molecule has 0 unspecified atom stereocenters. The maximum absolute atomic E-state index is 13.1. The minimum absolute atomic E-state index is 0.0959. The van der Waals surface area contributed by atoms with E-state index >= 15 is 0 Å². The first-order valence-corrected chi connectivity index (χ1v) is 10.9. The molecule has 0 N–H and O–H groups in total. The summed E-state index contributed by atoms with van der Waals surface area (Å²) in [6, 6.07) is 26.1. The summed E-state index contributed by atoms with van der Waals surface area (Å²) in [7, 11) is 0. The van der Waals surface area contributed by atoms with Gasteiger partial charge in [0.25, 0.3) is 0 Å². The van der Waals surface area contributed by atoms with Gasteiger partial charge in [0.1, 0.15) is 12.2 Å². The Morgan fingerprint density at radius 1 is 0.871 bits per heavy atom. The smallest absolute Gasteiger partial charge is 0.244 e. The Kier molecular flexibility index (Phi) is 5.35. The largest absolute Gasteiger partial charge is 0.368 e. The van der Waals surface area contributed by atoms with E-state index in [1.165, 1.54) is 0 Å². The van der Waals surface area contributed by atoms with Crippen molar-refractivity contribution in [2.75, 3.05) is 31.1 Å². The number of nitrogens with zero attached hydrogens (tertiary/aromatic N) is 4. The molecular formula is C25H23ClN4O. The molecule has 1 amide bonds. The number of halogens is 1. The number of hydrogen-bond acceptors (Lipinski definition) is 3. The molecule has 0 radical (unpaired) electrons. The highest BCUT2D eigenvalue weighted by Crippen LogP contribution is 2.28. The number of fused-ring (bicyclic) bond motifs is 1. The molecule has 2 heterocycles. The first-order valence-electron chi connectivity index (χ1n) is 10.5. The molecule has 156 valence electrons. The Bertz CT molecular complexity index is 1210. The molecule has 1 aliphatic rings. The molecule has 6 heteroatoms. The van der Waals surface area contributed by atoms with Crippen molar-refractivity contribution in [1.82, 2.24) is 14.7 Å². The van der Waals surface area contributed by atoms with Crippen LogP contribution in [0.15, 0.2) is 78.9 Å². The van der Waals surface area contributed by atoms with Gasteiger partial charge in [-0.2, -0.15) is 5.10 Å². The summed E-state index contributed by atoms with van der Waals surface area (Å²) < 4.78 is 1.84. The van der Waals surface area contributed by atoms with E-state index in [2.05, 4.69) is 29.2 Å². The lowest BCUT2D eigenvalue weighted by molar-refractivity contribution is -0.132. The molecule has 0 spiro atoms. The third-order valence-corrected chi connectivity index (χ3v) is 6.03. The maximum atomic E-state index is 13.1. The van der Waals surface area contributed by atoms with Gasteiger partial charge in [-0.15, -0.1) is 0 Å². The van der Waals surface area contributed by atoms with Crippen molar-refractivity contribution >= 4 is 34.1 Å². The van der Waals surface area contributed by atoms with Crippen molar-refractivity contribution in [3.63, 3.8) is 0 Å². The fourth-order valence-corrected chi connectivity index (χ4v) is 4.36. The number of carbonyl (C=O) groups excluding carboxylic acids is 1. The number of hydrogen-bond donors (Lipinski definition) is 0. The van der Waals surface area contributed by atoms with Crippen molar-refractivity contribution in [1.29, 1.82) is 0 Å². The van der Waals surface area contributed by atoms with E-state index in [-0.39, 0.29) is 12.5 Å². The van der Waals surface area contributed by atoms with Crippen LogP contribution in [-0.4, -0.2) is 46.8 Å². The van der Waals surface area contributed by atoms with Gasteiger partial charge in [0, 0.05) is 47.8 Å². The molecule has 1 aliphatic heterocycles. The third kappa shape index (κ3) is 4.01. The van der Waals surface area contributed by atoms with Crippen molar-refractivity contribution < 1.29 is 4.79 Å². The molecule has 0 atom stereocenters. The van der Waals surface area contributed by atoms with Crippen LogP contribution < -0.4 is 4.90 Å². The van der Waals surface area contributed by atoms with Crippen LogP contribution in [0.5, 0.6) is 0 Å². The third-order valence-electron chi connectivity index (χ3n) is 5.80. The standard InChI is InChI=1S/C25H23ClN4O/c26-20-9-6-10-21(17-20)28-13-15-29(16-14-28)24(31)18-30-23-12-5-4-11-22(23)25(27-30)19-7-2-1-3-8-19/h1-12,17H,13-16,18H2. The van der Waals surface area contributed by atoms with Gasteiger partial charge in [-0.3, -0.25) is 9.48 Å². The van der Waals surface area contributed by atoms with Gasteiger partial charge in [0.2, 0.25) is 5.91 Å². The molecule has 0 bridgehead atoms. The highest BCUT2D eigenvalue weighted by atomic mass is 35.5. The first kappa shape index (κ1) is 19.6. The van der Waals surface area contributed by atoms with Crippen LogP contribution in [0.25, 0.3) is 22.2 Å². The van der Waals surface area contributed by atoms with Gasteiger partial charge >= 0.3 is 0 Å². The number of rotatable bonds is 4. The summed E-state index contributed by atoms with van der Waals surface area (Å²) in [5.41, 5.74) is 4.05. The lowest BCUT2D eigenvalue weighted by Gasteiger charge is -2.36. The Labute approximate surface area is 186 Å². The van der Waals surface area contributed by atoms with Crippen molar-refractivity contribution in [3.8, 4) is 11.3 Å². The molecule has 1 fully saturated rings. The fraction of sp³-hybridized carbons (Fsp3) is 0.200. The average Bonchev–Trinajstić information content (AvgIpc) is 3.18. The Balaban J connectivity index is 1.32. The van der Waals surface area contributed by atoms with Gasteiger partial charge in [0.05, 0.1) is 5.52 Å². The summed E-state index contributed by atoms with van der Waals surface area (Å²) >= 11 is 6.13. The molecule has 31 heavy (non-hydrogen) atoms. The summed E-state index contributed by atoms with van der Waals surface area (Å²) in [5.74, 6) is 0.0959. The van der Waals surface area contributed by atoms with Crippen LogP contribution in [0, 0.1) is 0 Å². The summed E-state index contributed by atoms with van der Waals surface area (Å²) in [4.78, 5) is 17.3. The van der Waals surface area contributed by atoms with E-state index < -0.39 is 0 Å².